The molecule has 1 heterocycles. The van der Waals surface area contributed by atoms with Crippen molar-refractivity contribution in [3.63, 3.8) is 0 Å². The fourth-order valence-electron chi connectivity index (χ4n) is 3.19. The molecular weight excluding hydrogens is 423 g/mol. The van der Waals surface area contributed by atoms with Gasteiger partial charge in [-0.05, 0) is 63.0 Å². The first-order chi connectivity index (χ1) is 13.9. The number of rotatable bonds is 6. The van der Waals surface area contributed by atoms with Crippen molar-refractivity contribution in [3.05, 3.63) is 64.2 Å². The standard InChI is InChI=1S/C22H26BClO5S/c1-6-30(26,27)14-15-7-12-18(20(25)16-8-10-17(24)11-9-16)19(13-15)23-28-21(2,3)22(4,5)29-23/h7-13H,6,14H2,1-5H3. The molecule has 1 fully saturated rings. The molecule has 0 atom stereocenters. The molecule has 0 aromatic heterocycles. The number of carbonyl (C=O) groups is 1. The van der Waals surface area contributed by atoms with E-state index in [1.165, 1.54) is 0 Å². The van der Waals surface area contributed by atoms with Crippen molar-refractivity contribution in [3.8, 4) is 0 Å². The molecule has 1 saturated heterocycles. The van der Waals surface area contributed by atoms with Gasteiger partial charge in [0.1, 0.15) is 0 Å². The van der Waals surface area contributed by atoms with Crippen molar-refractivity contribution in [2.75, 3.05) is 5.75 Å². The summed E-state index contributed by atoms with van der Waals surface area (Å²) < 4.78 is 36.6. The molecule has 0 N–H and O–H groups in total. The molecule has 2 aromatic rings. The second-order valence-electron chi connectivity index (χ2n) is 8.52. The van der Waals surface area contributed by atoms with E-state index in [-0.39, 0.29) is 17.3 Å². The summed E-state index contributed by atoms with van der Waals surface area (Å²) in [5.41, 5.74) is 0.819. The lowest BCUT2D eigenvalue weighted by atomic mass is 9.73. The average Bonchev–Trinajstić information content (AvgIpc) is 2.89. The molecule has 0 spiro atoms. The fourth-order valence-corrected chi connectivity index (χ4v) is 4.20. The first-order valence-corrected chi connectivity index (χ1v) is 12.0. The molecular formula is C22H26BClO5S. The van der Waals surface area contributed by atoms with Gasteiger partial charge in [-0.25, -0.2) is 8.42 Å². The van der Waals surface area contributed by atoms with Gasteiger partial charge in [0.05, 0.1) is 17.0 Å². The Labute approximate surface area is 183 Å². The summed E-state index contributed by atoms with van der Waals surface area (Å²) in [7, 11) is -4.02. The van der Waals surface area contributed by atoms with E-state index in [1.807, 2.05) is 27.7 Å². The van der Waals surface area contributed by atoms with Crippen molar-refractivity contribution >= 4 is 39.8 Å². The number of sulfone groups is 1. The van der Waals surface area contributed by atoms with Gasteiger partial charge in [0.15, 0.2) is 15.6 Å². The molecule has 1 aliphatic heterocycles. The lowest BCUT2D eigenvalue weighted by Gasteiger charge is -2.32. The van der Waals surface area contributed by atoms with Crippen LogP contribution >= 0.6 is 11.6 Å². The fraction of sp³-hybridized carbons (Fsp3) is 0.409. The molecule has 0 radical (unpaired) electrons. The summed E-state index contributed by atoms with van der Waals surface area (Å²) >= 11 is 5.95. The molecule has 8 heteroatoms. The van der Waals surface area contributed by atoms with Crippen molar-refractivity contribution in [2.45, 2.75) is 51.6 Å². The van der Waals surface area contributed by atoms with E-state index < -0.39 is 28.2 Å². The first kappa shape index (κ1) is 23.0. The molecule has 3 rings (SSSR count). The minimum Gasteiger partial charge on any atom is -0.399 e. The van der Waals surface area contributed by atoms with Crippen LogP contribution in [0.25, 0.3) is 0 Å². The van der Waals surface area contributed by atoms with Gasteiger partial charge < -0.3 is 9.31 Å². The summed E-state index contributed by atoms with van der Waals surface area (Å²) in [6, 6.07) is 11.7. The maximum absolute atomic E-state index is 13.2. The number of halogens is 1. The Hall–Kier alpha value is -1.67. The third-order valence-electron chi connectivity index (χ3n) is 5.80. The van der Waals surface area contributed by atoms with Gasteiger partial charge in [0.25, 0.3) is 0 Å². The minimum absolute atomic E-state index is 0.0459. The Morgan fingerprint density at radius 1 is 1.00 bits per heavy atom. The number of carbonyl (C=O) groups excluding carboxylic acids is 1. The monoisotopic (exact) mass is 448 g/mol. The molecule has 5 nitrogen and oxygen atoms in total. The van der Waals surface area contributed by atoms with Gasteiger partial charge >= 0.3 is 7.12 Å². The topological polar surface area (TPSA) is 69.7 Å². The zero-order valence-corrected chi connectivity index (χ0v) is 19.4. The summed E-state index contributed by atoms with van der Waals surface area (Å²) in [6.07, 6.45) is 0. The van der Waals surface area contributed by atoms with Gasteiger partial charge in [-0.15, -0.1) is 0 Å². The first-order valence-electron chi connectivity index (χ1n) is 9.84. The third-order valence-corrected chi connectivity index (χ3v) is 7.71. The lowest BCUT2D eigenvalue weighted by Crippen LogP contribution is -2.41. The Morgan fingerprint density at radius 2 is 1.57 bits per heavy atom. The van der Waals surface area contributed by atoms with Crippen molar-refractivity contribution in [2.24, 2.45) is 0 Å². The maximum atomic E-state index is 13.2. The van der Waals surface area contributed by atoms with Crippen LogP contribution in [0, 0.1) is 0 Å². The molecule has 160 valence electrons. The second-order valence-corrected chi connectivity index (χ2v) is 11.3. The Morgan fingerprint density at radius 3 is 2.10 bits per heavy atom. The maximum Gasteiger partial charge on any atom is 0.495 e. The van der Waals surface area contributed by atoms with Crippen LogP contribution in [0.4, 0.5) is 0 Å². The number of hydrogen-bond acceptors (Lipinski definition) is 5. The third kappa shape index (κ3) is 4.64. The quantitative estimate of drug-likeness (QED) is 0.496. The Kier molecular flexibility index (Phi) is 6.22. The minimum atomic E-state index is -3.23. The van der Waals surface area contributed by atoms with E-state index in [2.05, 4.69) is 0 Å². The molecule has 30 heavy (non-hydrogen) atoms. The van der Waals surface area contributed by atoms with Crippen LogP contribution in [0.3, 0.4) is 0 Å². The van der Waals surface area contributed by atoms with E-state index in [0.29, 0.717) is 27.2 Å². The SMILES string of the molecule is CCS(=O)(=O)Cc1ccc(C(=O)c2ccc(Cl)cc2)c(B2OC(C)(C)C(C)(C)O2)c1. The Bertz CT molecular complexity index is 1050. The van der Waals surface area contributed by atoms with Gasteiger partial charge in [0, 0.05) is 21.9 Å². The van der Waals surface area contributed by atoms with Crippen LogP contribution in [-0.2, 0) is 24.9 Å². The van der Waals surface area contributed by atoms with E-state index in [9.17, 15) is 13.2 Å². The van der Waals surface area contributed by atoms with Gasteiger partial charge in [-0.2, -0.15) is 0 Å². The van der Waals surface area contributed by atoms with Gasteiger partial charge in [-0.1, -0.05) is 36.7 Å². The van der Waals surface area contributed by atoms with Crippen LogP contribution in [-0.4, -0.2) is 38.3 Å². The van der Waals surface area contributed by atoms with Crippen LogP contribution in [0.1, 0.15) is 56.1 Å². The largest absolute Gasteiger partial charge is 0.495 e. The normalized spacial score (nSPS) is 17.9. The molecule has 0 saturated carbocycles. The Balaban J connectivity index is 2.08. The summed E-state index contributed by atoms with van der Waals surface area (Å²) in [6.45, 7) is 9.33. The van der Waals surface area contributed by atoms with E-state index in [4.69, 9.17) is 20.9 Å². The molecule has 0 unspecified atom stereocenters. The van der Waals surface area contributed by atoms with E-state index in [0.717, 1.165) is 0 Å². The van der Waals surface area contributed by atoms with Crippen molar-refractivity contribution in [1.29, 1.82) is 0 Å². The highest BCUT2D eigenvalue weighted by atomic mass is 35.5. The predicted molar refractivity (Wildman–Crippen MR) is 120 cm³/mol. The number of benzene rings is 2. The molecule has 2 aromatic carbocycles. The van der Waals surface area contributed by atoms with Crippen LogP contribution in [0.15, 0.2) is 42.5 Å². The smallest absolute Gasteiger partial charge is 0.399 e. The summed E-state index contributed by atoms with van der Waals surface area (Å²) in [4.78, 5) is 13.2. The van der Waals surface area contributed by atoms with Crippen LogP contribution < -0.4 is 5.46 Å². The lowest BCUT2D eigenvalue weighted by molar-refractivity contribution is 0.00578. The van der Waals surface area contributed by atoms with E-state index in [1.54, 1.807) is 49.4 Å². The number of hydrogen-bond donors (Lipinski definition) is 0. The molecule has 0 amide bonds. The van der Waals surface area contributed by atoms with Crippen molar-refractivity contribution in [1.82, 2.24) is 0 Å². The number of ketones is 1. The molecule has 0 aliphatic carbocycles. The van der Waals surface area contributed by atoms with Crippen molar-refractivity contribution < 1.29 is 22.5 Å². The van der Waals surface area contributed by atoms with Gasteiger partial charge in [0.2, 0.25) is 0 Å². The second kappa shape index (κ2) is 8.11. The van der Waals surface area contributed by atoms with E-state index >= 15 is 0 Å². The molecule has 1 aliphatic rings. The highest BCUT2D eigenvalue weighted by molar-refractivity contribution is 7.90. The average molecular weight is 449 g/mol. The zero-order chi connectivity index (χ0) is 22.3. The highest BCUT2D eigenvalue weighted by Gasteiger charge is 2.52. The van der Waals surface area contributed by atoms with Crippen LogP contribution in [0.5, 0.6) is 0 Å². The summed E-state index contributed by atoms with van der Waals surface area (Å²) in [5, 5.41) is 0.540. The predicted octanol–water partition coefficient (Wildman–Crippen LogP) is 3.80. The zero-order valence-electron chi connectivity index (χ0n) is 17.9. The highest BCUT2D eigenvalue weighted by Crippen LogP contribution is 2.37. The molecule has 0 bridgehead atoms. The van der Waals surface area contributed by atoms with Gasteiger partial charge in [-0.3, -0.25) is 4.79 Å². The summed E-state index contributed by atoms with van der Waals surface area (Å²) in [5.74, 6) is -0.267. The van der Waals surface area contributed by atoms with Crippen LogP contribution in [0.2, 0.25) is 5.02 Å².